The van der Waals surface area contributed by atoms with Crippen LogP contribution in [-0.4, -0.2) is 13.1 Å². The fraction of sp³-hybridized carbons (Fsp3) is 0.857. The van der Waals surface area contributed by atoms with E-state index in [9.17, 15) is 4.79 Å². The third-order valence-electron chi connectivity index (χ3n) is 7.01. The SMILES string of the molecule is C=C1CC[C@H]2C(C)(C)CCC[C@]2(C)[C@H]1CC[C@H](C)CC(=O)OC. The van der Waals surface area contributed by atoms with E-state index >= 15 is 0 Å². The molecule has 0 unspecified atom stereocenters. The van der Waals surface area contributed by atoms with Crippen molar-refractivity contribution in [2.45, 2.75) is 79.1 Å². The van der Waals surface area contributed by atoms with E-state index in [1.165, 1.54) is 51.2 Å². The summed E-state index contributed by atoms with van der Waals surface area (Å²) in [4.78, 5) is 11.5. The first-order valence-electron chi connectivity index (χ1n) is 9.45. The van der Waals surface area contributed by atoms with Crippen LogP contribution >= 0.6 is 0 Å². The van der Waals surface area contributed by atoms with E-state index in [-0.39, 0.29) is 5.97 Å². The zero-order valence-corrected chi connectivity index (χ0v) is 15.9. The van der Waals surface area contributed by atoms with Crippen molar-refractivity contribution < 1.29 is 9.53 Å². The first-order valence-corrected chi connectivity index (χ1v) is 9.45. The van der Waals surface area contributed by atoms with Crippen LogP contribution in [0.15, 0.2) is 12.2 Å². The molecule has 0 aromatic rings. The minimum atomic E-state index is -0.0807. The predicted molar refractivity (Wildman–Crippen MR) is 96.1 cm³/mol. The topological polar surface area (TPSA) is 26.3 Å². The highest BCUT2D eigenvalue weighted by molar-refractivity contribution is 5.69. The van der Waals surface area contributed by atoms with Gasteiger partial charge < -0.3 is 4.74 Å². The molecule has 0 bridgehead atoms. The summed E-state index contributed by atoms with van der Waals surface area (Å²) in [6.45, 7) is 14.1. The Balaban J connectivity index is 2.06. The number of allylic oxidation sites excluding steroid dienone is 1. The van der Waals surface area contributed by atoms with E-state index in [0.717, 1.165) is 12.3 Å². The van der Waals surface area contributed by atoms with Crippen LogP contribution in [0.4, 0.5) is 0 Å². The number of carbonyl (C=O) groups excluding carboxylic acids is 1. The average molecular weight is 321 g/mol. The van der Waals surface area contributed by atoms with Gasteiger partial charge >= 0.3 is 5.97 Å². The Labute approximate surface area is 143 Å². The Hall–Kier alpha value is -0.790. The molecule has 132 valence electrons. The van der Waals surface area contributed by atoms with Gasteiger partial charge in [-0.1, -0.05) is 46.3 Å². The molecule has 0 saturated heterocycles. The molecule has 0 aliphatic heterocycles. The molecule has 0 spiro atoms. The molecular weight excluding hydrogens is 284 g/mol. The number of fused-ring (bicyclic) bond motifs is 1. The van der Waals surface area contributed by atoms with E-state index < -0.39 is 0 Å². The van der Waals surface area contributed by atoms with E-state index in [1.54, 1.807) is 0 Å². The molecule has 2 rings (SSSR count). The third kappa shape index (κ3) is 3.83. The van der Waals surface area contributed by atoms with Crippen LogP contribution in [0.3, 0.4) is 0 Å². The third-order valence-corrected chi connectivity index (χ3v) is 7.01. The number of ether oxygens (including phenoxy) is 1. The average Bonchev–Trinajstić information content (AvgIpc) is 2.45. The van der Waals surface area contributed by atoms with Crippen molar-refractivity contribution in [1.29, 1.82) is 0 Å². The Bertz CT molecular complexity index is 451. The summed E-state index contributed by atoms with van der Waals surface area (Å²) in [5.41, 5.74) is 2.33. The van der Waals surface area contributed by atoms with Crippen molar-refractivity contribution in [2.24, 2.45) is 28.6 Å². The summed E-state index contributed by atoms with van der Waals surface area (Å²) in [7, 11) is 1.48. The van der Waals surface area contributed by atoms with Crippen molar-refractivity contribution in [3.05, 3.63) is 12.2 Å². The largest absolute Gasteiger partial charge is 0.469 e. The van der Waals surface area contributed by atoms with Gasteiger partial charge in [-0.3, -0.25) is 4.79 Å². The Morgan fingerprint density at radius 2 is 2.04 bits per heavy atom. The Kier molecular flexibility index (Phi) is 5.63. The minimum absolute atomic E-state index is 0.0807. The lowest BCUT2D eigenvalue weighted by Crippen LogP contribution is -2.49. The van der Waals surface area contributed by atoms with Crippen LogP contribution in [0.1, 0.15) is 79.1 Å². The molecule has 0 radical (unpaired) electrons. The second-order valence-corrected chi connectivity index (χ2v) is 9.11. The van der Waals surface area contributed by atoms with Crippen molar-refractivity contribution in [3.63, 3.8) is 0 Å². The highest BCUT2D eigenvalue weighted by Crippen LogP contribution is 2.61. The van der Waals surface area contributed by atoms with Crippen LogP contribution in [0.2, 0.25) is 0 Å². The molecule has 0 N–H and O–H groups in total. The van der Waals surface area contributed by atoms with Crippen LogP contribution < -0.4 is 0 Å². The van der Waals surface area contributed by atoms with Crippen LogP contribution in [-0.2, 0) is 9.53 Å². The molecule has 0 heterocycles. The second-order valence-electron chi connectivity index (χ2n) is 9.11. The van der Waals surface area contributed by atoms with Gasteiger partial charge in [-0.2, -0.15) is 0 Å². The smallest absolute Gasteiger partial charge is 0.305 e. The fourth-order valence-electron chi connectivity index (χ4n) is 5.73. The lowest BCUT2D eigenvalue weighted by molar-refractivity contribution is -0.141. The van der Waals surface area contributed by atoms with Crippen LogP contribution in [0.25, 0.3) is 0 Å². The van der Waals surface area contributed by atoms with E-state index in [0.29, 0.717) is 29.1 Å². The highest BCUT2D eigenvalue weighted by Gasteiger charge is 2.52. The predicted octanol–water partition coefficient (Wildman–Crippen LogP) is 5.76. The summed E-state index contributed by atoms with van der Waals surface area (Å²) in [6, 6.07) is 0. The summed E-state index contributed by atoms with van der Waals surface area (Å²) in [5, 5.41) is 0. The normalized spacial score (nSPS) is 34.6. The standard InChI is InChI=1S/C21H36O2/c1-15(14-19(22)23-6)8-10-17-16(2)9-11-18-20(3,4)12-7-13-21(17,18)5/h15,17-18H,2,7-14H2,1,3-6H3/t15-,17-,18-,21+/m0/s1. The number of methoxy groups -OCH3 is 1. The van der Waals surface area contributed by atoms with Crippen molar-refractivity contribution in [1.82, 2.24) is 0 Å². The van der Waals surface area contributed by atoms with Crippen molar-refractivity contribution in [2.75, 3.05) is 7.11 Å². The van der Waals surface area contributed by atoms with Gasteiger partial charge in [-0.05, 0) is 67.1 Å². The molecule has 4 atom stereocenters. The summed E-state index contributed by atoms with van der Waals surface area (Å²) < 4.78 is 4.81. The Morgan fingerprint density at radius 3 is 2.70 bits per heavy atom. The number of carbonyl (C=O) groups is 1. The number of esters is 1. The summed E-state index contributed by atoms with van der Waals surface area (Å²) in [5.74, 6) is 1.76. The second kappa shape index (κ2) is 6.99. The molecule has 0 amide bonds. The highest BCUT2D eigenvalue weighted by atomic mass is 16.5. The lowest BCUT2D eigenvalue weighted by atomic mass is 9.47. The molecular formula is C21H36O2. The van der Waals surface area contributed by atoms with Gasteiger partial charge in [-0.15, -0.1) is 0 Å². The molecule has 0 aromatic heterocycles. The maximum atomic E-state index is 11.5. The van der Waals surface area contributed by atoms with Crippen molar-refractivity contribution >= 4 is 5.97 Å². The number of hydrogen-bond donors (Lipinski definition) is 0. The molecule has 2 aliphatic carbocycles. The molecule has 0 aromatic carbocycles. The molecule has 23 heavy (non-hydrogen) atoms. The molecule has 2 nitrogen and oxygen atoms in total. The first kappa shape index (κ1) is 18.5. The van der Waals surface area contributed by atoms with Gasteiger partial charge in [0.05, 0.1) is 7.11 Å². The van der Waals surface area contributed by atoms with Crippen LogP contribution in [0, 0.1) is 28.6 Å². The maximum absolute atomic E-state index is 11.5. The molecule has 2 fully saturated rings. The van der Waals surface area contributed by atoms with Gasteiger partial charge in [-0.25, -0.2) is 0 Å². The number of rotatable bonds is 5. The fourth-order valence-corrected chi connectivity index (χ4v) is 5.73. The minimum Gasteiger partial charge on any atom is -0.469 e. The van der Waals surface area contributed by atoms with E-state index in [4.69, 9.17) is 4.74 Å². The first-order chi connectivity index (χ1) is 10.7. The van der Waals surface area contributed by atoms with Gasteiger partial charge in [0.15, 0.2) is 0 Å². The monoisotopic (exact) mass is 320 g/mol. The van der Waals surface area contributed by atoms with E-state index in [2.05, 4.69) is 34.3 Å². The van der Waals surface area contributed by atoms with Gasteiger partial charge in [0.1, 0.15) is 0 Å². The van der Waals surface area contributed by atoms with Gasteiger partial charge in [0.25, 0.3) is 0 Å². The summed E-state index contributed by atoms with van der Waals surface area (Å²) in [6.07, 6.45) is 9.39. The summed E-state index contributed by atoms with van der Waals surface area (Å²) >= 11 is 0. The van der Waals surface area contributed by atoms with Crippen molar-refractivity contribution in [3.8, 4) is 0 Å². The Morgan fingerprint density at radius 1 is 1.35 bits per heavy atom. The number of hydrogen-bond acceptors (Lipinski definition) is 2. The molecule has 2 heteroatoms. The molecule has 2 saturated carbocycles. The zero-order chi connectivity index (χ0) is 17.3. The van der Waals surface area contributed by atoms with E-state index in [1.807, 2.05) is 0 Å². The van der Waals surface area contributed by atoms with Gasteiger partial charge in [0.2, 0.25) is 0 Å². The van der Waals surface area contributed by atoms with Gasteiger partial charge in [0, 0.05) is 6.42 Å². The maximum Gasteiger partial charge on any atom is 0.305 e. The lowest BCUT2D eigenvalue weighted by Gasteiger charge is -2.58. The van der Waals surface area contributed by atoms with Crippen LogP contribution in [0.5, 0.6) is 0 Å². The molecule has 2 aliphatic rings. The zero-order valence-electron chi connectivity index (χ0n) is 15.9. The quantitative estimate of drug-likeness (QED) is 0.475.